The standard InChI is InChI=1S/C17H17ClN2O4/c1-2-14(24-12-7-4-3-5-8-12)17(22)23-11-15(21)20-13-9-6-10-19-16(13)18/h3-10,14H,2,11H2,1H3,(H,20,21)/t14-/m1/s1. The summed E-state index contributed by atoms with van der Waals surface area (Å²) in [5, 5.41) is 2.68. The van der Waals surface area contributed by atoms with Crippen LogP contribution in [0.5, 0.6) is 5.75 Å². The summed E-state index contributed by atoms with van der Waals surface area (Å²) in [4.78, 5) is 27.7. The van der Waals surface area contributed by atoms with Crippen LogP contribution in [-0.4, -0.2) is 29.6 Å². The van der Waals surface area contributed by atoms with E-state index in [0.717, 1.165) is 0 Å². The van der Waals surface area contributed by atoms with Crippen molar-refractivity contribution in [1.82, 2.24) is 4.98 Å². The maximum absolute atomic E-state index is 12.0. The molecule has 126 valence electrons. The normalized spacial score (nSPS) is 11.4. The molecule has 1 aromatic carbocycles. The Kier molecular flexibility index (Phi) is 6.57. The first-order chi connectivity index (χ1) is 11.6. The van der Waals surface area contributed by atoms with Gasteiger partial charge in [-0.3, -0.25) is 4.79 Å². The molecule has 0 aliphatic carbocycles. The van der Waals surface area contributed by atoms with E-state index in [1.54, 1.807) is 43.3 Å². The summed E-state index contributed by atoms with van der Waals surface area (Å²) >= 11 is 5.84. The summed E-state index contributed by atoms with van der Waals surface area (Å²) in [6, 6.07) is 12.2. The van der Waals surface area contributed by atoms with Crippen molar-refractivity contribution >= 4 is 29.2 Å². The number of pyridine rings is 1. The van der Waals surface area contributed by atoms with Gasteiger partial charge in [0.25, 0.3) is 5.91 Å². The van der Waals surface area contributed by atoms with Crippen molar-refractivity contribution in [2.75, 3.05) is 11.9 Å². The number of rotatable bonds is 7. The van der Waals surface area contributed by atoms with E-state index in [2.05, 4.69) is 10.3 Å². The monoisotopic (exact) mass is 348 g/mol. The molecular formula is C17H17ClN2O4. The molecule has 24 heavy (non-hydrogen) atoms. The Labute approximate surface area is 144 Å². The molecule has 2 aromatic rings. The van der Waals surface area contributed by atoms with Crippen molar-refractivity contribution in [2.24, 2.45) is 0 Å². The lowest BCUT2D eigenvalue weighted by molar-refractivity contribution is -0.154. The lowest BCUT2D eigenvalue weighted by Crippen LogP contribution is -2.31. The number of nitrogens with one attached hydrogen (secondary N) is 1. The quantitative estimate of drug-likeness (QED) is 0.614. The number of para-hydroxylation sites is 1. The van der Waals surface area contributed by atoms with Gasteiger partial charge in [0, 0.05) is 6.20 Å². The van der Waals surface area contributed by atoms with E-state index >= 15 is 0 Å². The number of nitrogens with zero attached hydrogens (tertiary/aromatic N) is 1. The Morgan fingerprint density at radius 3 is 2.62 bits per heavy atom. The van der Waals surface area contributed by atoms with Crippen molar-refractivity contribution < 1.29 is 19.1 Å². The molecule has 1 heterocycles. The van der Waals surface area contributed by atoms with E-state index in [4.69, 9.17) is 21.1 Å². The van der Waals surface area contributed by atoms with Crippen LogP contribution in [0.15, 0.2) is 48.7 Å². The molecule has 1 amide bonds. The average molecular weight is 349 g/mol. The van der Waals surface area contributed by atoms with Gasteiger partial charge in [-0.2, -0.15) is 0 Å². The van der Waals surface area contributed by atoms with Gasteiger partial charge in [0.2, 0.25) is 0 Å². The van der Waals surface area contributed by atoms with Gasteiger partial charge >= 0.3 is 5.97 Å². The van der Waals surface area contributed by atoms with Crippen LogP contribution in [0.3, 0.4) is 0 Å². The van der Waals surface area contributed by atoms with Crippen molar-refractivity contribution in [2.45, 2.75) is 19.4 Å². The smallest absolute Gasteiger partial charge is 0.347 e. The molecule has 0 aliphatic rings. The average Bonchev–Trinajstić information content (AvgIpc) is 2.60. The largest absolute Gasteiger partial charge is 0.479 e. The van der Waals surface area contributed by atoms with Crippen LogP contribution >= 0.6 is 11.6 Å². The summed E-state index contributed by atoms with van der Waals surface area (Å²) in [7, 11) is 0. The molecular weight excluding hydrogens is 332 g/mol. The van der Waals surface area contributed by atoms with Gasteiger partial charge in [0.05, 0.1) is 5.69 Å². The summed E-state index contributed by atoms with van der Waals surface area (Å²) in [6.07, 6.45) is 1.15. The van der Waals surface area contributed by atoms with Crippen LogP contribution in [0.25, 0.3) is 0 Å². The maximum atomic E-state index is 12.0. The fourth-order valence-electron chi connectivity index (χ4n) is 1.86. The highest BCUT2D eigenvalue weighted by atomic mass is 35.5. The van der Waals surface area contributed by atoms with E-state index in [1.807, 2.05) is 6.07 Å². The first kappa shape index (κ1) is 17.7. The minimum Gasteiger partial charge on any atom is -0.479 e. The highest BCUT2D eigenvalue weighted by Crippen LogP contribution is 2.17. The summed E-state index contributed by atoms with van der Waals surface area (Å²) in [6.45, 7) is 1.36. The number of carbonyl (C=O) groups excluding carboxylic acids is 2. The Bertz CT molecular complexity index is 694. The molecule has 7 heteroatoms. The van der Waals surface area contributed by atoms with Crippen LogP contribution in [0.4, 0.5) is 5.69 Å². The Morgan fingerprint density at radius 2 is 1.96 bits per heavy atom. The van der Waals surface area contributed by atoms with E-state index in [0.29, 0.717) is 17.9 Å². The first-order valence-electron chi connectivity index (χ1n) is 7.39. The number of hydrogen-bond acceptors (Lipinski definition) is 5. The zero-order valence-corrected chi connectivity index (χ0v) is 13.8. The van der Waals surface area contributed by atoms with Crippen LogP contribution in [-0.2, 0) is 14.3 Å². The van der Waals surface area contributed by atoms with Gasteiger partial charge in [-0.15, -0.1) is 0 Å². The second-order valence-electron chi connectivity index (χ2n) is 4.83. The molecule has 0 spiro atoms. The molecule has 1 atom stereocenters. The second-order valence-corrected chi connectivity index (χ2v) is 5.18. The van der Waals surface area contributed by atoms with E-state index in [9.17, 15) is 9.59 Å². The summed E-state index contributed by atoms with van der Waals surface area (Å²) in [5.41, 5.74) is 0.354. The molecule has 0 saturated heterocycles. The summed E-state index contributed by atoms with van der Waals surface area (Å²) in [5.74, 6) is -0.547. The number of ether oxygens (including phenoxy) is 2. The van der Waals surface area contributed by atoms with E-state index in [1.165, 1.54) is 6.20 Å². The van der Waals surface area contributed by atoms with Crippen LogP contribution in [0.2, 0.25) is 5.15 Å². The Morgan fingerprint density at radius 1 is 1.21 bits per heavy atom. The highest BCUT2D eigenvalue weighted by molar-refractivity contribution is 6.32. The Balaban J connectivity index is 1.84. The number of hydrogen-bond donors (Lipinski definition) is 1. The van der Waals surface area contributed by atoms with Gasteiger partial charge in [-0.05, 0) is 30.7 Å². The predicted molar refractivity (Wildman–Crippen MR) is 90.0 cm³/mol. The molecule has 0 bridgehead atoms. The zero-order valence-electron chi connectivity index (χ0n) is 13.1. The molecule has 0 radical (unpaired) electrons. The number of esters is 1. The molecule has 1 N–H and O–H groups in total. The van der Waals surface area contributed by atoms with Crippen molar-refractivity contribution in [3.05, 3.63) is 53.8 Å². The summed E-state index contributed by atoms with van der Waals surface area (Å²) < 4.78 is 10.6. The highest BCUT2D eigenvalue weighted by Gasteiger charge is 2.21. The van der Waals surface area contributed by atoms with Crippen LogP contribution < -0.4 is 10.1 Å². The van der Waals surface area contributed by atoms with Gasteiger partial charge in [0.15, 0.2) is 17.9 Å². The number of benzene rings is 1. The van der Waals surface area contributed by atoms with Gasteiger partial charge < -0.3 is 14.8 Å². The molecule has 0 saturated carbocycles. The molecule has 6 nitrogen and oxygen atoms in total. The molecule has 1 aromatic heterocycles. The maximum Gasteiger partial charge on any atom is 0.347 e. The van der Waals surface area contributed by atoms with E-state index in [-0.39, 0.29) is 5.15 Å². The molecule has 0 unspecified atom stereocenters. The van der Waals surface area contributed by atoms with Crippen molar-refractivity contribution in [1.29, 1.82) is 0 Å². The number of halogens is 1. The lowest BCUT2D eigenvalue weighted by atomic mass is 10.2. The van der Waals surface area contributed by atoms with Gasteiger partial charge in [0.1, 0.15) is 5.75 Å². The zero-order chi connectivity index (χ0) is 17.4. The second kappa shape index (κ2) is 8.88. The Hall–Kier alpha value is -2.60. The fraction of sp³-hybridized carbons (Fsp3) is 0.235. The first-order valence-corrected chi connectivity index (χ1v) is 7.76. The number of carbonyl (C=O) groups is 2. The topological polar surface area (TPSA) is 77.5 Å². The third-order valence-electron chi connectivity index (χ3n) is 3.03. The number of amides is 1. The molecule has 0 fully saturated rings. The molecule has 2 rings (SSSR count). The third-order valence-corrected chi connectivity index (χ3v) is 3.34. The van der Waals surface area contributed by atoms with Crippen LogP contribution in [0, 0.1) is 0 Å². The lowest BCUT2D eigenvalue weighted by Gasteiger charge is -2.16. The van der Waals surface area contributed by atoms with Gasteiger partial charge in [-0.25, -0.2) is 9.78 Å². The van der Waals surface area contributed by atoms with Crippen LogP contribution in [0.1, 0.15) is 13.3 Å². The number of anilines is 1. The minimum absolute atomic E-state index is 0.163. The van der Waals surface area contributed by atoms with Crippen molar-refractivity contribution in [3.63, 3.8) is 0 Å². The number of aromatic nitrogens is 1. The molecule has 0 aliphatic heterocycles. The van der Waals surface area contributed by atoms with Gasteiger partial charge in [-0.1, -0.05) is 36.7 Å². The fourth-order valence-corrected chi connectivity index (χ4v) is 2.02. The van der Waals surface area contributed by atoms with Crippen molar-refractivity contribution in [3.8, 4) is 5.75 Å². The third kappa shape index (κ3) is 5.24. The van der Waals surface area contributed by atoms with E-state index < -0.39 is 24.6 Å². The predicted octanol–water partition coefficient (Wildman–Crippen LogP) is 3.07. The SMILES string of the molecule is CC[C@@H](Oc1ccccc1)C(=O)OCC(=O)Nc1cccnc1Cl. The minimum atomic E-state index is -0.776.